The molecule has 17 heavy (non-hydrogen) atoms. The van der Waals surface area contributed by atoms with Crippen molar-refractivity contribution < 1.29 is 0 Å². The molecule has 4 nitrogen and oxygen atoms in total. The zero-order valence-corrected chi connectivity index (χ0v) is 10.2. The van der Waals surface area contributed by atoms with Crippen molar-refractivity contribution in [2.45, 2.75) is 19.8 Å². The first kappa shape index (κ1) is 11.9. The highest BCUT2D eigenvalue weighted by Gasteiger charge is 2.14. The van der Waals surface area contributed by atoms with E-state index in [4.69, 9.17) is 5.26 Å². The molecule has 1 atom stereocenters. The summed E-state index contributed by atoms with van der Waals surface area (Å²) in [5, 5.41) is 15.8. The predicted octanol–water partition coefficient (Wildman–Crippen LogP) is 1.67. The van der Waals surface area contributed by atoms with Crippen LogP contribution in [-0.4, -0.2) is 24.6 Å². The number of anilines is 1. The number of hydrogen-bond acceptors (Lipinski definition) is 4. The van der Waals surface area contributed by atoms with Gasteiger partial charge in [-0.1, -0.05) is 0 Å². The number of nitrogens with one attached hydrogen (secondary N) is 2. The molecule has 1 fully saturated rings. The molecule has 4 heteroatoms. The summed E-state index contributed by atoms with van der Waals surface area (Å²) in [7, 11) is 0. The van der Waals surface area contributed by atoms with Gasteiger partial charge in [-0.3, -0.25) is 0 Å². The van der Waals surface area contributed by atoms with Crippen LogP contribution in [0.4, 0.5) is 5.82 Å². The Labute approximate surface area is 102 Å². The SMILES string of the molecule is Cc1ccnc(NCC2CCCNC2)c1C#N. The van der Waals surface area contributed by atoms with E-state index >= 15 is 0 Å². The Bertz CT molecular complexity index is 416. The van der Waals surface area contributed by atoms with Gasteiger partial charge in [-0.25, -0.2) is 4.98 Å². The highest BCUT2D eigenvalue weighted by atomic mass is 15.0. The van der Waals surface area contributed by atoms with E-state index in [0.717, 1.165) is 31.0 Å². The first-order valence-corrected chi connectivity index (χ1v) is 6.11. The van der Waals surface area contributed by atoms with Crippen LogP contribution >= 0.6 is 0 Å². The third-order valence-corrected chi connectivity index (χ3v) is 3.23. The van der Waals surface area contributed by atoms with E-state index in [2.05, 4.69) is 21.7 Å². The van der Waals surface area contributed by atoms with E-state index in [1.807, 2.05) is 13.0 Å². The smallest absolute Gasteiger partial charge is 0.144 e. The van der Waals surface area contributed by atoms with Crippen LogP contribution in [0.15, 0.2) is 12.3 Å². The second-order valence-electron chi connectivity index (χ2n) is 4.56. The van der Waals surface area contributed by atoms with Crippen molar-refractivity contribution in [3.05, 3.63) is 23.4 Å². The summed E-state index contributed by atoms with van der Waals surface area (Å²) >= 11 is 0. The fourth-order valence-electron chi connectivity index (χ4n) is 2.17. The molecule has 0 amide bonds. The number of rotatable bonds is 3. The van der Waals surface area contributed by atoms with Gasteiger partial charge in [0, 0.05) is 12.7 Å². The summed E-state index contributed by atoms with van der Waals surface area (Å²) in [5.41, 5.74) is 1.64. The molecule has 0 radical (unpaired) electrons. The van der Waals surface area contributed by atoms with Gasteiger partial charge >= 0.3 is 0 Å². The highest BCUT2D eigenvalue weighted by molar-refractivity contribution is 5.55. The monoisotopic (exact) mass is 230 g/mol. The summed E-state index contributed by atoms with van der Waals surface area (Å²) in [6.07, 6.45) is 4.23. The summed E-state index contributed by atoms with van der Waals surface area (Å²) in [6.45, 7) is 5.01. The molecule has 1 aromatic heterocycles. The fraction of sp³-hybridized carbons (Fsp3) is 0.538. The van der Waals surface area contributed by atoms with Crippen LogP contribution in [0.25, 0.3) is 0 Å². The molecular weight excluding hydrogens is 212 g/mol. The maximum Gasteiger partial charge on any atom is 0.144 e. The minimum Gasteiger partial charge on any atom is -0.369 e. The molecular formula is C13H18N4. The van der Waals surface area contributed by atoms with Crippen molar-refractivity contribution >= 4 is 5.82 Å². The van der Waals surface area contributed by atoms with Crippen LogP contribution in [0.3, 0.4) is 0 Å². The van der Waals surface area contributed by atoms with E-state index in [1.165, 1.54) is 12.8 Å². The van der Waals surface area contributed by atoms with Crippen molar-refractivity contribution in [1.29, 1.82) is 5.26 Å². The van der Waals surface area contributed by atoms with Gasteiger partial charge in [0.05, 0.1) is 5.56 Å². The minimum atomic E-state index is 0.637. The van der Waals surface area contributed by atoms with Gasteiger partial charge in [-0.05, 0) is 50.4 Å². The first-order chi connectivity index (χ1) is 8.31. The van der Waals surface area contributed by atoms with Gasteiger partial charge in [0.15, 0.2) is 0 Å². The molecule has 1 aliphatic heterocycles. The maximum absolute atomic E-state index is 9.09. The average Bonchev–Trinajstić information content (AvgIpc) is 2.37. The number of nitrogens with zero attached hydrogens (tertiary/aromatic N) is 2. The molecule has 0 aliphatic carbocycles. The summed E-state index contributed by atoms with van der Waals surface area (Å²) in [6, 6.07) is 4.08. The number of piperidine rings is 1. The summed E-state index contributed by atoms with van der Waals surface area (Å²) in [5.74, 6) is 1.36. The van der Waals surface area contributed by atoms with Crippen LogP contribution in [0.2, 0.25) is 0 Å². The predicted molar refractivity (Wildman–Crippen MR) is 67.8 cm³/mol. The lowest BCUT2D eigenvalue weighted by Crippen LogP contribution is -2.33. The molecule has 2 N–H and O–H groups in total. The Kier molecular flexibility index (Phi) is 3.94. The van der Waals surface area contributed by atoms with Crippen LogP contribution in [0.1, 0.15) is 24.0 Å². The zero-order valence-electron chi connectivity index (χ0n) is 10.2. The van der Waals surface area contributed by atoms with Crippen molar-refractivity contribution in [2.75, 3.05) is 25.0 Å². The quantitative estimate of drug-likeness (QED) is 0.829. The Morgan fingerprint density at radius 2 is 2.53 bits per heavy atom. The van der Waals surface area contributed by atoms with Gasteiger partial charge in [0.25, 0.3) is 0 Å². The fourth-order valence-corrected chi connectivity index (χ4v) is 2.17. The third kappa shape index (κ3) is 2.95. The van der Waals surface area contributed by atoms with Crippen LogP contribution in [0.5, 0.6) is 0 Å². The third-order valence-electron chi connectivity index (χ3n) is 3.23. The molecule has 0 spiro atoms. The highest BCUT2D eigenvalue weighted by Crippen LogP contribution is 2.17. The number of aromatic nitrogens is 1. The lowest BCUT2D eigenvalue weighted by molar-refractivity contribution is 0.392. The molecule has 2 rings (SSSR count). The van der Waals surface area contributed by atoms with E-state index in [0.29, 0.717) is 11.5 Å². The zero-order chi connectivity index (χ0) is 12.1. The Morgan fingerprint density at radius 3 is 3.24 bits per heavy atom. The molecule has 1 aliphatic rings. The topological polar surface area (TPSA) is 60.7 Å². The standard InChI is InChI=1S/C13H18N4/c1-10-4-6-16-13(12(10)7-14)17-9-11-3-2-5-15-8-11/h4,6,11,15H,2-3,5,8-9H2,1H3,(H,16,17). The normalized spacial score (nSPS) is 19.6. The summed E-state index contributed by atoms with van der Waals surface area (Å²) in [4.78, 5) is 4.24. The molecule has 2 heterocycles. The minimum absolute atomic E-state index is 0.637. The van der Waals surface area contributed by atoms with Crippen molar-refractivity contribution in [1.82, 2.24) is 10.3 Å². The van der Waals surface area contributed by atoms with Gasteiger partial charge in [0.1, 0.15) is 11.9 Å². The molecule has 90 valence electrons. The number of hydrogen-bond donors (Lipinski definition) is 2. The van der Waals surface area contributed by atoms with E-state index in [9.17, 15) is 0 Å². The average molecular weight is 230 g/mol. The molecule has 0 bridgehead atoms. The first-order valence-electron chi connectivity index (χ1n) is 6.11. The second kappa shape index (κ2) is 5.65. The van der Waals surface area contributed by atoms with Gasteiger partial charge in [0.2, 0.25) is 0 Å². The van der Waals surface area contributed by atoms with Gasteiger partial charge in [-0.2, -0.15) is 5.26 Å². The van der Waals surface area contributed by atoms with E-state index in [1.54, 1.807) is 6.20 Å². The van der Waals surface area contributed by atoms with Crippen molar-refractivity contribution in [2.24, 2.45) is 5.92 Å². The van der Waals surface area contributed by atoms with Crippen molar-refractivity contribution in [3.8, 4) is 6.07 Å². The van der Waals surface area contributed by atoms with Crippen LogP contribution in [-0.2, 0) is 0 Å². The molecule has 1 aromatic rings. The van der Waals surface area contributed by atoms with Gasteiger partial charge in [-0.15, -0.1) is 0 Å². The molecule has 1 saturated heterocycles. The number of nitriles is 1. The van der Waals surface area contributed by atoms with Crippen LogP contribution in [0, 0.1) is 24.2 Å². The lowest BCUT2D eigenvalue weighted by atomic mass is 10.00. The Balaban J connectivity index is 1.99. The molecule has 1 unspecified atom stereocenters. The number of aryl methyl sites for hydroxylation is 1. The molecule has 0 saturated carbocycles. The number of pyridine rings is 1. The van der Waals surface area contributed by atoms with Crippen LogP contribution < -0.4 is 10.6 Å². The second-order valence-corrected chi connectivity index (χ2v) is 4.56. The largest absolute Gasteiger partial charge is 0.369 e. The lowest BCUT2D eigenvalue weighted by Gasteiger charge is -2.23. The Hall–Kier alpha value is -1.60. The molecule has 0 aromatic carbocycles. The van der Waals surface area contributed by atoms with E-state index < -0.39 is 0 Å². The maximum atomic E-state index is 9.09. The van der Waals surface area contributed by atoms with Gasteiger partial charge < -0.3 is 10.6 Å². The Morgan fingerprint density at radius 1 is 1.65 bits per heavy atom. The summed E-state index contributed by atoms with van der Waals surface area (Å²) < 4.78 is 0. The van der Waals surface area contributed by atoms with E-state index in [-0.39, 0.29) is 0 Å². The van der Waals surface area contributed by atoms with Crippen molar-refractivity contribution in [3.63, 3.8) is 0 Å².